The quantitative estimate of drug-likeness (QED) is 0.657. The second kappa shape index (κ2) is 9.00. The highest BCUT2D eigenvalue weighted by molar-refractivity contribution is 7.08. The van der Waals surface area contributed by atoms with Crippen LogP contribution in [0.1, 0.15) is 41.0 Å². The number of carboxylic acid groups (broad SMARTS) is 1. The van der Waals surface area contributed by atoms with E-state index in [0.29, 0.717) is 11.3 Å². The molecule has 1 aromatic carbocycles. The Balaban J connectivity index is 1.97. The second-order valence-electron chi connectivity index (χ2n) is 5.75. The SMILES string of the molecule is CC(C)Oc1ccc(C(=O)O)cc1NC(=O)CCNC(=O)c1ccsc1. The fourth-order valence-corrected chi connectivity index (χ4v) is 2.75. The molecule has 7 nitrogen and oxygen atoms in total. The Morgan fingerprint density at radius 1 is 1.19 bits per heavy atom. The Bertz CT molecular complexity index is 787. The van der Waals surface area contributed by atoms with Crippen molar-refractivity contribution in [2.45, 2.75) is 26.4 Å². The molecule has 3 N–H and O–H groups in total. The maximum absolute atomic E-state index is 12.1. The fourth-order valence-electron chi connectivity index (χ4n) is 2.12. The monoisotopic (exact) mass is 376 g/mol. The molecule has 0 spiro atoms. The molecular weight excluding hydrogens is 356 g/mol. The molecule has 0 aliphatic carbocycles. The van der Waals surface area contributed by atoms with Crippen LogP contribution in [-0.4, -0.2) is 35.5 Å². The maximum Gasteiger partial charge on any atom is 0.335 e. The molecule has 0 aliphatic heterocycles. The molecule has 138 valence electrons. The van der Waals surface area contributed by atoms with Gasteiger partial charge in [-0.2, -0.15) is 11.3 Å². The number of benzene rings is 1. The van der Waals surface area contributed by atoms with Crippen molar-refractivity contribution < 1.29 is 24.2 Å². The number of nitrogens with one attached hydrogen (secondary N) is 2. The lowest BCUT2D eigenvalue weighted by molar-refractivity contribution is -0.116. The van der Waals surface area contributed by atoms with E-state index in [2.05, 4.69) is 10.6 Å². The van der Waals surface area contributed by atoms with Crippen molar-refractivity contribution in [3.8, 4) is 5.75 Å². The van der Waals surface area contributed by atoms with Crippen LogP contribution in [0, 0.1) is 0 Å². The number of carbonyl (C=O) groups excluding carboxylic acids is 2. The Morgan fingerprint density at radius 2 is 1.96 bits per heavy atom. The summed E-state index contributed by atoms with van der Waals surface area (Å²) in [4.78, 5) is 35.1. The van der Waals surface area contributed by atoms with Gasteiger partial charge in [-0.05, 0) is 43.5 Å². The van der Waals surface area contributed by atoms with Crippen molar-refractivity contribution in [3.05, 3.63) is 46.2 Å². The van der Waals surface area contributed by atoms with E-state index in [1.54, 1.807) is 16.8 Å². The number of hydrogen-bond acceptors (Lipinski definition) is 5. The molecule has 0 fully saturated rings. The third-order valence-electron chi connectivity index (χ3n) is 3.28. The van der Waals surface area contributed by atoms with Crippen LogP contribution in [0.3, 0.4) is 0 Å². The molecule has 2 rings (SSSR count). The molecule has 8 heteroatoms. The van der Waals surface area contributed by atoms with Crippen LogP contribution >= 0.6 is 11.3 Å². The number of ether oxygens (including phenoxy) is 1. The highest BCUT2D eigenvalue weighted by Gasteiger charge is 2.14. The summed E-state index contributed by atoms with van der Waals surface area (Å²) in [5, 5.41) is 17.9. The van der Waals surface area contributed by atoms with Gasteiger partial charge in [-0.1, -0.05) is 0 Å². The van der Waals surface area contributed by atoms with Gasteiger partial charge in [0.15, 0.2) is 0 Å². The van der Waals surface area contributed by atoms with Crippen molar-refractivity contribution >= 4 is 34.8 Å². The lowest BCUT2D eigenvalue weighted by Crippen LogP contribution is -2.27. The van der Waals surface area contributed by atoms with Crippen LogP contribution in [0.4, 0.5) is 5.69 Å². The highest BCUT2D eigenvalue weighted by atomic mass is 32.1. The van der Waals surface area contributed by atoms with Gasteiger partial charge in [-0.3, -0.25) is 9.59 Å². The topological polar surface area (TPSA) is 105 Å². The van der Waals surface area contributed by atoms with Crippen molar-refractivity contribution in [2.75, 3.05) is 11.9 Å². The first-order valence-corrected chi connectivity index (χ1v) is 8.95. The zero-order valence-electron chi connectivity index (χ0n) is 14.4. The van der Waals surface area contributed by atoms with Gasteiger partial charge in [-0.25, -0.2) is 4.79 Å². The number of anilines is 1. The number of carboxylic acids is 1. The Morgan fingerprint density at radius 3 is 2.58 bits per heavy atom. The van der Waals surface area contributed by atoms with E-state index in [1.807, 2.05) is 13.8 Å². The van der Waals surface area contributed by atoms with E-state index in [9.17, 15) is 14.4 Å². The summed E-state index contributed by atoms with van der Waals surface area (Å²) < 4.78 is 5.60. The summed E-state index contributed by atoms with van der Waals surface area (Å²) >= 11 is 1.42. The molecule has 0 radical (unpaired) electrons. The van der Waals surface area contributed by atoms with Gasteiger partial charge in [0.1, 0.15) is 5.75 Å². The van der Waals surface area contributed by atoms with Crippen molar-refractivity contribution in [1.82, 2.24) is 5.32 Å². The third-order valence-corrected chi connectivity index (χ3v) is 3.97. The average Bonchev–Trinajstić information content (AvgIpc) is 3.10. The van der Waals surface area contributed by atoms with Gasteiger partial charge in [0.2, 0.25) is 5.91 Å². The molecular formula is C18H20N2O5S. The van der Waals surface area contributed by atoms with E-state index in [4.69, 9.17) is 9.84 Å². The summed E-state index contributed by atoms with van der Waals surface area (Å²) in [6.45, 7) is 3.83. The van der Waals surface area contributed by atoms with Crippen LogP contribution in [0.2, 0.25) is 0 Å². The molecule has 0 atom stereocenters. The minimum atomic E-state index is -1.10. The van der Waals surface area contributed by atoms with E-state index >= 15 is 0 Å². The van der Waals surface area contributed by atoms with Crippen LogP contribution < -0.4 is 15.4 Å². The fraction of sp³-hybridized carbons (Fsp3) is 0.278. The van der Waals surface area contributed by atoms with E-state index < -0.39 is 5.97 Å². The van der Waals surface area contributed by atoms with E-state index in [0.717, 1.165) is 0 Å². The van der Waals surface area contributed by atoms with Crippen LogP contribution in [0.15, 0.2) is 35.0 Å². The summed E-state index contributed by atoms with van der Waals surface area (Å²) in [5.74, 6) is -1.30. The summed E-state index contributed by atoms with van der Waals surface area (Å²) in [7, 11) is 0. The van der Waals surface area contributed by atoms with Crippen molar-refractivity contribution in [1.29, 1.82) is 0 Å². The smallest absolute Gasteiger partial charge is 0.335 e. The van der Waals surface area contributed by atoms with E-state index in [1.165, 1.54) is 29.5 Å². The molecule has 0 saturated carbocycles. The van der Waals surface area contributed by atoms with Gasteiger partial charge >= 0.3 is 5.97 Å². The van der Waals surface area contributed by atoms with Gasteiger partial charge in [0.25, 0.3) is 5.91 Å². The Labute approximate surface area is 155 Å². The number of rotatable bonds is 8. The molecule has 2 amide bonds. The second-order valence-corrected chi connectivity index (χ2v) is 6.53. The van der Waals surface area contributed by atoms with Gasteiger partial charge in [0, 0.05) is 23.9 Å². The number of hydrogen-bond donors (Lipinski definition) is 3. The Hall–Kier alpha value is -2.87. The number of thiophene rings is 1. The molecule has 26 heavy (non-hydrogen) atoms. The third kappa shape index (κ3) is 5.59. The van der Waals surface area contributed by atoms with Gasteiger partial charge in [-0.15, -0.1) is 0 Å². The average molecular weight is 376 g/mol. The predicted octanol–water partition coefficient (Wildman–Crippen LogP) is 2.99. The van der Waals surface area contributed by atoms with Crippen molar-refractivity contribution in [3.63, 3.8) is 0 Å². The van der Waals surface area contributed by atoms with Crippen LogP contribution in [0.5, 0.6) is 5.75 Å². The summed E-state index contributed by atoms with van der Waals surface area (Å²) in [6, 6.07) is 5.98. The minimum Gasteiger partial charge on any atom is -0.489 e. The van der Waals surface area contributed by atoms with E-state index in [-0.39, 0.29) is 42.1 Å². The minimum absolute atomic E-state index is 0.0437. The highest BCUT2D eigenvalue weighted by Crippen LogP contribution is 2.27. The van der Waals surface area contributed by atoms with Crippen LogP contribution in [0.25, 0.3) is 0 Å². The number of amides is 2. The molecule has 0 saturated heterocycles. The molecule has 1 heterocycles. The summed E-state index contributed by atoms with van der Waals surface area (Å²) in [6.07, 6.45) is -0.0832. The van der Waals surface area contributed by atoms with Crippen LogP contribution in [-0.2, 0) is 4.79 Å². The van der Waals surface area contributed by atoms with Gasteiger partial charge in [0.05, 0.1) is 17.4 Å². The first kappa shape index (κ1) is 19.5. The number of carbonyl (C=O) groups is 3. The van der Waals surface area contributed by atoms with Gasteiger partial charge < -0.3 is 20.5 Å². The lowest BCUT2D eigenvalue weighted by Gasteiger charge is -2.15. The Kier molecular flexibility index (Phi) is 6.74. The normalized spacial score (nSPS) is 10.4. The molecule has 0 bridgehead atoms. The molecule has 2 aromatic rings. The lowest BCUT2D eigenvalue weighted by atomic mass is 10.2. The maximum atomic E-state index is 12.1. The van der Waals surface area contributed by atoms with Crippen molar-refractivity contribution in [2.24, 2.45) is 0 Å². The first-order chi connectivity index (χ1) is 12.4. The first-order valence-electron chi connectivity index (χ1n) is 8.01. The summed E-state index contributed by atoms with van der Waals surface area (Å²) in [5.41, 5.74) is 0.882. The molecule has 0 aliphatic rings. The zero-order valence-corrected chi connectivity index (χ0v) is 15.3. The molecule has 1 aromatic heterocycles. The zero-order chi connectivity index (χ0) is 19.1. The number of aromatic carboxylic acids is 1. The molecule has 0 unspecified atom stereocenters. The standard InChI is InChI=1S/C18H20N2O5S/c1-11(2)25-15-4-3-12(18(23)24)9-14(15)20-16(21)5-7-19-17(22)13-6-8-26-10-13/h3-4,6,8-11H,5,7H2,1-2H3,(H,19,22)(H,20,21)(H,23,24). The largest absolute Gasteiger partial charge is 0.489 e. The predicted molar refractivity (Wildman–Crippen MR) is 99.1 cm³/mol.